The molecule has 2 heterocycles. The number of benzene rings is 1. The van der Waals surface area contributed by atoms with Crippen LogP contribution in [0.3, 0.4) is 0 Å². The molecule has 0 unspecified atom stereocenters. The highest BCUT2D eigenvalue weighted by atomic mass is 19.1. The Morgan fingerprint density at radius 2 is 1.61 bits per heavy atom. The van der Waals surface area contributed by atoms with Gasteiger partial charge in [0.25, 0.3) is 5.91 Å². The average molecular weight is 385 g/mol. The van der Waals surface area contributed by atoms with E-state index in [9.17, 15) is 9.18 Å². The molecule has 1 fully saturated rings. The second-order valence-electron chi connectivity index (χ2n) is 6.99. The molecule has 0 radical (unpaired) electrons. The zero-order valence-corrected chi connectivity index (χ0v) is 16.6. The highest BCUT2D eigenvalue weighted by molar-refractivity contribution is 5.92. The fourth-order valence-corrected chi connectivity index (χ4v) is 3.51. The largest absolute Gasteiger partial charge is 0.366 e. The van der Waals surface area contributed by atoms with Gasteiger partial charge in [0.05, 0.1) is 5.69 Å². The quantitative estimate of drug-likeness (QED) is 0.733. The van der Waals surface area contributed by atoms with Crippen LogP contribution in [-0.4, -0.2) is 60.3 Å². The Hall–Kier alpha value is -2.70. The molecule has 0 bridgehead atoms. The third-order valence-corrected chi connectivity index (χ3v) is 4.94. The maximum absolute atomic E-state index is 14.0. The van der Waals surface area contributed by atoms with Crippen molar-refractivity contribution in [3.63, 3.8) is 0 Å². The first-order valence-corrected chi connectivity index (χ1v) is 10.0. The first-order chi connectivity index (χ1) is 13.6. The van der Waals surface area contributed by atoms with Gasteiger partial charge in [-0.15, -0.1) is 10.2 Å². The Kier molecular flexibility index (Phi) is 6.79. The van der Waals surface area contributed by atoms with E-state index in [4.69, 9.17) is 0 Å². The topological polar surface area (TPSA) is 52.6 Å². The third kappa shape index (κ3) is 4.58. The van der Waals surface area contributed by atoms with Gasteiger partial charge in [0.15, 0.2) is 11.5 Å². The number of para-hydroxylation sites is 1. The molecule has 0 atom stereocenters. The molecule has 2 aromatic rings. The second kappa shape index (κ2) is 9.48. The molecule has 1 aromatic heterocycles. The number of halogens is 1. The van der Waals surface area contributed by atoms with Crippen molar-refractivity contribution in [1.29, 1.82) is 0 Å². The molecule has 3 rings (SSSR count). The molecule has 7 heteroatoms. The summed E-state index contributed by atoms with van der Waals surface area (Å²) >= 11 is 0. The van der Waals surface area contributed by atoms with Gasteiger partial charge in [-0.25, -0.2) is 4.39 Å². The molecule has 6 nitrogen and oxygen atoms in total. The smallest absolute Gasteiger partial charge is 0.274 e. The van der Waals surface area contributed by atoms with Gasteiger partial charge in [0.2, 0.25) is 0 Å². The van der Waals surface area contributed by atoms with Crippen molar-refractivity contribution in [3.05, 3.63) is 47.9 Å². The van der Waals surface area contributed by atoms with E-state index >= 15 is 0 Å². The zero-order chi connectivity index (χ0) is 19.9. The number of carbonyl (C=O) groups excluding carboxylic acids is 1. The lowest BCUT2D eigenvalue weighted by Gasteiger charge is -2.36. The minimum Gasteiger partial charge on any atom is -0.366 e. The van der Waals surface area contributed by atoms with E-state index in [1.54, 1.807) is 12.1 Å². The summed E-state index contributed by atoms with van der Waals surface area (Å²) in [6, 6.07) is 10.5. The molecule has 1 aliphatic heterocycles. The number of aromatic nitrogens is 2. The molecule has 1 saturated heterocycles. The molecular weight excluding hydrogens is 357 g/mol. The molecule has 1 amide bonds. The van der Waals surface area contributed by atoms with E-state index in [1.165, 1.54) is 6.07 Å². The van der Waals surface area contributed by atoms with Crippen LogP contribution in [0.2, 0.25) is 0 Å². The highest BCUT2D eigenvalue weighted by Crippen LogP contribution is 2.21. The average Bonchev–Trinajstić information content (AvgIpc) is 2.74. The third-order valence-electron chi connectivity index (χ3n) is 4.94. The molecule has 1 aromatic carbocycles. The normalized spacial score (nSPS) is 14.2. The summed E-state index contributed by atoms with van der Waals surface area (Å²) in [5, 5.41) is 8.45. The molecular formula is C21H28FN5O. The van der Waals surface area contributed by atoms with Crippen LogP contribution in [0.25, 0.3) is 0 Å². The van der Waals surface area contributed by atoms with Crippen molar-refractivity contribution in [2.24, 2.45) is 0 Å². The molecule has 150 valence electrons. The van der Waals surface area contributed by atoms with Gasteiger partial charge in [-0.05, 0) is 37.1 Å². The number of piperazine rings is 1. The van der Waals surface area contributed by atoms with Crippen molar-refractivity contribution in [3.8, 4) is 0 Å². The minimum absolute atomic E-state index is 0.0628. The number of rotatable bonds is 7. The van der Waals surface area contributed by atoms with Crippen molar-refractivity contribution in [1.82, 2.24) is 15.1 Å². The summed E-state index contributed by atoms with van der Waals surface area (Å²) in [5.74, 6) is 0.497. The Morgan fingerprint density at radius 3 is 2.18 bits per heavy atom. The predicted molar refractivity (Wildman–Crippen MR) is 109 cm³/mol. The van der Waals surface area contributed by atoms with E-state index in [2.05, 4.69) is 28.9 Å². The predicted octanol–water partition coefficient (Wildman–Crippen LogP) is 3.20. The van der Waals surface area contributed by atoms with Gasteiger partial charge in [0, 0.05) is 39.3 Å². The van der Waals surface area contributed by atoms with Crippen LogP contribution in [0.15, 0.2) is 36.4 Å². The van der Waals surface area contributed by atoms with E-state index in [1.807, 2.05) is 28.0 Å². The molecule has 1 aliphatic rings. The second-order valence-corrected chi connectivity index (χ2v) is 6.99. The van der Waals surface area contributed by atoms with Crippen molar-refractivity contribution < 1.29 is 9.18 Å². The van der Waals surface area contributed by atoms with Crippen molar-refractivity contribution in [2.45, 2.75) is 26.7 Å². The Labute approximate surface area is 166 Å². The van der Waals surface area contributed by atoms with Crippen LogP contribution < -0.4 is 9.80 Å². The van der Waals surface area contributed by atoms with Gasteiger partial charge in [-0.3, -0.25) is 4.79 Å². The summed E-state index contributed by atoms with van der Waals surface area (Å²) in [7, 11) is 0. The van der Waals surface area contributed by atoms with Gasteiger partial charge in [-0.2, -0.15) is 0 Å². The monoisotopic (exact) mass is 385 g/mol. The number of amides is 1. The maximum atomic E-state index is 14.0. The molecule has 28 heavy (non-hydrogen) atoms. The van der Waals surface area contributed by atoms with E-state index in [-0.39, 0.29) is 11.7 Å². The number of hydrogen-bond donors (Lipinski definition) is 0. The van der Waals surface area contributed by atoms with Crippen molar-refractivity contribution >= 4 is 17.4 Å². The van der Waals surface area contributed by atoms with Gasteiger partial charge >= 0.3 is 0 Å². The summed E-state index contributed by atoms with van der Waals surface area (Å²) in [4.78, 5) is 18.6. The molecule has 0 N–H and O–H groups in total. The first-order valence-electron chi connectivity index (χ1n) is 10.0. The lowest BCUT2D eigenvalue weighted by Crippen LogP contribution is -2.47. The first kappa shape index (κ1) is 20.0. The van der Waals surface area contributed by atoms with Gasteiger partial charge < -0.3 is 14.7 Å². The zero-order valence-electron chi connectivity index (χ0n) is 16.6. The minimum atomic E-state index is -0.192. The summed E-state index contributed by atoms with van der Waals surface area (Å²) in [6.07, 6.45) is 1.84. The Bertz CT molecular complexity index is 769. The van der Waals surface area contributed by atoms with Crippen LogP contribution >= 0.6 is 0 Å². The summed E-state index contributed by atoms with van der Waals surface area (Å²) in [5.41, 5.74) is 1.02. The van der Waals surface area contributed by atoms with Crippen LogP contribution in [0, 0.1) is 5.82 Å². The van der Waals surface area contributed by atoms with Crippen LogP contribution in [-0.2, 0) is 0 Å². The fraction of sp³-hybridized carbons (Fsp3) is 0.476. The summed E-state index contributed by atoms with van der Waals surface area (Å²) < 4.78 is 14.0. The van der Waals surface area contributed by atoms with E-state index in [0.29, 0.717) is 24.5 Å². The Morgan fingerprint density at radius 1 is 0.964 bits per heavy atom. The maximum Gasteiger partial charge on any atom is 0.274 e. The molecule has 0 spiro atoms. The van der Waals surface area contributed by atoms with Gasteiger partial charge in [-0.1, -0.05) is 26.0 Å². The molecule has 0 saturated carbocycles. The van der Waals surface area contributed by atoms with Crippen LogP contribution in [0.4, 0.5) is 15.9 Å². The number of hydrogen-bond acceptors (Lipinski definition) is 5. The summed E-state index contributed by atoms with van der Waals surface area (Å²) in [6.45, 7) is 8.47. The van der Waals surface area contributed by atoms with Crippen LogP contribution in [0.5, 0.6) is 0 Å². The van der Waals surface area contributed by atoms with Crippen LogP contribution in [0.1, 0.15) is 37.2 Å². The standard InChI is InChI=1S/C21H28FN5O/c1-3-11-27(12-4-2)21(28)18-9-10-20(24-23-18)26-15-13-25(14-16-26)19-8-6-5-7-17(19)22/h5-10H,3-4,11-16H2,1-2H3. The number of carbonyl (C=O) groups is 1. The Balaban J connectivity index is 1.61. The lowest BCUT2D eigenvalue weighted by atomic mass is 10.2. The van der Waals surface area contributed by atoms with E-state index in [0.717, 1.165) is 44.8 Å². The number of nitrogens with zero attached hydrogens (tertiary/aromatic N) is 5. The number of anilines is 2. The molecule has 0 aliphatic carbocycles. The van der Waals surface area contributed by atoms with Gasteiger partial charge in [0.1, 0.15) is 5.82 Å². The fourth-order valence-electron chi connectivity index (χ4n) is 3.51. The SMILES string of the molecule is CCCN(CCC)C(=O)c1ccc(N2CCN(c3ccccc3F)CC2)nn1. The highest BCUT2D eigenvalue weighted by Gasteiger charge is 2.21. The lowest BCUT2D eigenvalue weighted by molar-refractivity contribution is 0.0748. The van der Waals surface area contributed by atoms with Crippen molar-refractivity contribution in [2.75, 3.05) is 49.1 Å². The van der Waals surface area contributed by atoms with E-state index < -0.39 is 0 Å².